The monoisotopic (exact) mass is 2050 g/mol. The Kier molecular flexibility index (Phi) is 30.3. The maximum atomic E-state index is 14.4. The van der Waals surface area contributed by atoms with Crippen molar-refractivity contribution >= 4 is 68.7 Å². The number of nitrogen functional groups attached to an aromatic ring is 1. The number of phosphoric ester groups is 6. The van der Waals surface area contributed by atoms with Crippen LogP contribution in [0.25, 0.3) is 0 Å². The summed E-state index contributed by atoms with van der Waals surface area (Å²) in [6.45, 7) is -7.72. The van der Waals surface area contributed by atoms with Crippen LogP contribution in [-0.4, -0.2) is 238 Å². The molecule has 27 atom stereocenters. The summed E-state index contributed by atoms with van der Waals surface area (Å²) in [4.78, 5) is 246. The number of hydrogen-bond acceptors (Lipinski definition) is 42. The first-order valence-electron chi connectivity index (χ1n) is 38.4. The second-order valence-corrected chi connectivity index (χ2v) is 38.8. The lowest BCUT2D eigenvalue weighted by Gasteiger charge is -2.26. The first-order valence-corrected chi connectivity index (χ1v) is 48.2. The number of rotatable bonds is 38. The Morgan fingerprint density at radius 3 is 0.847 bits per heavy atom. The van der Waals surface area contributed by atoms with E-state index in [0.717, 1.165) is 106 Å². The molecule has 14 heterocycles. The van der Waals surface area contributed by atoms with Gasteiger partial charge in [-0.25, -0.2) is 61.0 Å². The molecule has 7 aliphatic heterocycles. The number of aromatic nitrogens is 14. The molecular weight excluding hydrogens is 1970 g/mol. The lowest BCUT2D eigenvalue weighted by molar-refractivity contribution is -0.0661. The molecule has 718 valence electrons. The number of aliphatic hydroxyl groups is 2. The third-order valence-electron chi connectivity index (χ3n) is 20.7. The summed E-state index contributed by atoms with van der Waals surface area (Å²) in [5, 5.41) is 20.8. The fourth-order valence-electron chi connectivity index (χ4n) is 14.6. The highest BCUT2D eigenvalue weighted by molar-refractivity contribution is 9.10. The standard InChI is InChI=1S/C63H78BrN15O46P6/c64-28-20-79(63(94)72-56(28)87)55-19-35(125-131(105,106)111-24-38-31(15-51(115-38)73-7-1-43(65)66-57(73)88)121-126(95,96)107-22-37-29(81)13-49(114-37)74-8-2-44(82)67-58(74)89)42(119-55)27-112-130(103,104)124-34-18-54(78-12-6-48(86)71-62(78)93)118-41(34)26-110-129(101,102)123-33-17-53(77-11-5-47(85)70-61(77)92)117-40(33)25-109-128(99,100)122-32-16-52(76-10-4-46(84)69-60(76)91)116-39(32)23-108-127(97,98)120-30-14-50(113-36(30)21-80)75-9-3-45(83)68-59(75)90/h1-12,20,29-42,49-55,80-81H,13-19,21-27H2,(H,95,96)(H,97,98)(H,99,100)(H,101,102)(H,103,104)(H,105,106)(H2,65,66,88)(H,67,82,89)(H,68,83,90)(H,69,84,91)(H,70,85,92)(H,71,86,93)(H,72,87,94)/t29-,30-,31-,32-,33-,34-,35-,36+,37+,38+,39+,40+,41+,42+,49+,50+,51+,52+,53+,54+,55+/m0/s1. The van der Waals surface area contributed by atoms with Gasteiger partial charge in [0.2, 0.25) is 0 Å². The molecule has 0 bridgehead atoms. The van der Waals surface area contributed by atoms with Gasteiger partial charge in [-0.05, 0) is 22.0 Å². The van der Waals surface area contributed by atoms with E-state index in [9.17, 15) is 129 Å². The molecule has 0 spiro atoms. The van der Waals surface area contributed by atoms with Crippen LogP contribution in [-0.2, 0) is 115 Å². The number of nitrogens with two attached hydrogens (primary N) is 1. The van der Waals surface area contributed by atoms with Crippen molar-refractivity contribution in [2.24, 2.45) is 0 Å². The number of phosphoric acid groups is 6. The molecule has 16 N–H and O–H groups in total. The second-order valence-electron chi connectivity index (χ2n) is 29.5. The first-order chi connectivity index (χ1) is 61.7. The molecule has 7 aromatic rings. The van der Waals surface area contributed by atoms with E-state index >= 15 is 0 Å². The number of aliphatic hydroxyl groups excluding tert-OH is 2. The minimum atomic E-state index is -5.77. The van der Waals surface area contributed by atoms with Crippen LogP contribution in [0.4, 0.5) is 5.82 Å². The highest BCUT2D eigenvalue weighted by atomic mass is 79.9. The Morgan fingerprint density at radius 2 is 0.573 bits per heavy atom. The van der Waals surface area contributed by atoms with E-state index in [1.54, 1.807) is 0 Å². The summed E-state index contributed by atoms with van der Waals surface area (Å²) in [6.07, 6.45) is -31.7. The average Bonchev–Trinajstić information content (AvgIpc) is 1.65. The minimum Gasteiger partial charge on any atom is -0.394 e. The van der Waals surface area contributed by atoms with Crippen LogP contribution in [0, 0.1) is 0 Å². The van der Waals surface area contributed by atoms with Gasteiger partial charge in [0, 0.05) is 119 Å². The molecule has 0 amide bonds. The van der Waals surface area contributed by atoms with Gasteiger partial charge in [0.1, 0.15) is 129 Å². The number of hydrogen-bond donors (Lipinski definition) is 15. The number of halogens is 1. The Bertz CT molecular complexity index is 6550. The van der Waals surface area contributed by atoms with Gasteiger partial charge in [-0.2, -0.15) is 4.98 Å². The lowest BCUT2D eigenvalue weighted by Crippen LogP contribution is -2.33. The van der Waals surface area contributed by atoms with Gasteiger partial charge in [0.05, 0.1) is 56.8 Å². The van der Waals surface area contributed by atoms with E-state index in [-0.39, 0.29) is 16.7 Å². The summed E-state index contributed by atoms with van der Waals surface area (Å²) in [5.41, 5.74) is -6.94. The number of nitrogens with zero attached hydrogens (tertiary/aromatic N) is 8. The predicted octanol–water partition coefficient (Wildman–Crippen LogP) is -4.73. The summed E-state index contributed by atoms with van der Waals surface area (Å²) in [7, 11) is -33.6. The summed E-state index contributed by atoms with van der Waals surface area (Å²) in [6, 6.07) is 5.72. The molecule has 7 fully saturated rings. The maximum absolute atomic E-state index is 14.4. The quantitative estimate of drug-likeness (QED) is 0.0162. The third kappa shape index (κ3) is 24.6. The van der Waals surface area contributed by atoms with E-state index in [1.807, 2.05) is 29.9 Å². The van der Waals surface area contributed by atoms with Crippen molar-refractivity contribution in [2.75, 3.05) is 52.0 Å². The van der Waals surface area contributed by atoms with Gasteiger partial charge in [-0.3, -0.25) is 145 Å². The molecule has 0 aliphatic carbocycles. The van der Waals surface area contributed by atoms with Crippen LogP contribution in [0.1, 0.15) is 88.5 Å². The van der Waals surface area contributed by atoms with Gasteiger partial charge in [0.25, 0.3) is 33.4 Å². The molecule has 131 heavy (non-hydrogen) atoms. The van der Waals surface area contributed by atoms with Gasteiger partial charge >= 0.3 is 86.8 Å². The fourth-order valence-corrected chi connectivity index (χ4v) is 20.7. The normalized spacial score (nSPS) is 30.8. The molecule has 0 saturated carbocycles. The largest absolute Gasteiger partial charge is 0.472 e. The molecule has 14 rings (SSSR count). The average molecular weight is 2050 g/mol. The van der Waals surface area contributed by atoms with Crippen LogP contribution >= 0.6 is 62.9 Å². The maximum Gasteiger partial charge on any atom is 0.472 e. The van der Waals surface area contributed by atoms with Crippen LogP contribution in [0.5, 0.6) is 0 Å². The van der Waals surface area contributed by atoms with E-state index < -0.39 is 334 Å². The van der Waals surface area contributed by atoms with Gasteiger partial charge in [-0.1, -0.05) is 0 Å². The first kappa shape index (κ1) is 98.5. The predicted molar refractivity (Wildman–Crippen MR) is 425 cm³/mol. The zero-order valence-electron chi connectivity index (χ0n) is 66.3. The van der Waals surface area contributed by atoms with Crippen LogP contribution in [0.2, 0.25) is 0 Å². The van der Waals surface area contributed by atoms with Crippen molar-refractivity contribution in [3.8, 4) is 0 Å². The molecule has 6 unspecified atom stereocenters. The highest BCUT2D eigenvalue weighted by Gasteiger charge is 2.53. The minimum absolute atomic E-state index is 0.245. The SMILES string of the molecule is Nc1ccn([C@H]2C[C@H](OP(=O)(O)OC[C@H]3O[C@@H](n4ccc(=O)[nH]c4=O)C[C@@H]3O)[C@@H](COP(=O)(O)O[C@H]3C[C@H](n4cc(Br)c(=O)[nH]c4=O)O[C@@H]3COP(=O)(O)O[C@H]3C[C@H](n4ccc(=O)[nH]c4=O)O[C@@H]3COP(=O)(O)O[C@H]3C[C@H](n4ccc(=O)[nH]c4=O)O[C@@H]3COP(=O)(O)O[C@H]3C[C@H](n4ccc(=O)[nH]c4=O)O[C@@H]3COP(=O)(O)O[C@H]3C[C@H](n4ccc(=O)[nH]c4=O)O[C@@H]3CO)O2)c(=O)n1. The van der Waals surface area contributed by atoms with Crippen LogP contribution < -0.4 is 78.9 Å². The zero-order chi connectivity index (χ0) is 94.3. The van der Waals surface area contributed by atoms with Crippen LogP contribution in [0.15, 0.2) is 147 Å². The zero-order valence-corrected chi connectivity index (χ0v) is 73.3. The molecule has 0 radical (unpaired) electrons. The second kappa shape index (κ2) is 40.2. The van der Waals surface area contributed by atoms with Gasteiger partial charge in [0.15, 0.2) is 0 Å². The van der Waals surface area contributed by atoms with Crippen LogP contribution in [0.3, 0.4) is 0 Å². The lowest BCUT2D eigenvalue weighted by atomic mass is 10.2. The fraction of sp³-hybridized carbons (Fsp3) is 0.556. The Labute approximate surface area is 732 Å². The Balaban J connectivity index is 0.647. The van der Waals surface area contributed by atoms with Crippen molar-refractivity contribution < 1.29 is 154 Å². The summed E-state index contributed by atoms with van der Waals surface area (Å²) >= 11 is 2.98. The smallest absolute Gasteiger partial charge is 0.394 e. The molecule has 7 aromatic heterocycles. The molecule has 7 saturated heterocycles. The van der Waals surface area contributed by atoms with Crippen molar-refractivity contribution in [1.29, 1.82) is 0 Å². The van der Waals surface area contributed by atoms with E-state index in [4.69, 9.17) is 93.2 Å². The molecule has 7 aliphatic rings. The summed E-state index contributed by atoms with van der Waals surface area (Å²) < 4.78 is 195. The Morgan fingerprint density at radius 1 is 0.344 bits per heavy atom. The molecule has 61 nitrogen and oxygen atoms in total. The van der Waals surface area contributed by atoms with Crippen molar-refractivity contribution in [1.82, 2.24) is 66.9 Å². The van der Waals surface area contributed by atoms with Gasteiger partial charge in [-0.15, -0.1) is 0 Å². The van der Waals surface area contributed by atoms with E-state index in [1.165, 1.54) is 6.07 Å². The van der Waals surface area contributed by atoms with Gasteiger partial charge < -0.3 is 78.5 Å². The van der Waals surface area contributed by atoms with Crippen molar-refractivity contribution in [3.63, 3.8) is 0 Å². The summed E-state index contributed by atoms with van der Waals surface area (Å²) in [5.74, 6) is -0.245. The molecular formula is C63H78BrN15O46P6. The van der Waals surface area contributed by atoms with E-state index in [2.05, 4.69) is 20.9 Å². The van der Waals surface area contributed by atoms with Crippen molar-refractivity contribution in [3.05, 3.63) is 220 Å². The van der Waals surface area contributed by atoms with E-state index in [0.29, 0.717) is 0 Å². The Hall–Kier alpha value is -8.46. The number of anilines is 1. The molecule has 68 heteroatoms. The number of nitrogens with one attached hydrogen (secondary N) is 6. The number of ether oxygens (including phenoxy) is 7. The van der Waals surface area contributed by atoms with Crippen molar-refractivity contribution in [2.45, 2.75) is 174 Å². The number of aromatic amines is 6. The highest BCUT2D eigenvalue weighted by Crippen LogP contribution is 2.57. The topological polar surface area (TPSA) is 830 Å². The number of H-pyrrole nitrogens is 6. The molecule has 0 aromatic carbocycles. The third-order valence-corrected chi connectivity index (χ3v) is 27.3.